The van der Waals surface area contributed by atoms with Gasteiger partial charge in [0.15, 0.2) is 0 Å². The molecule has 0 saturated carbocycles. The summed E-state index contributed by atoms with van der Waals surface area (Å²) in [4.78, 5) is 17.2. The van der Waals surface area contributed by atoms with Crippen LogP contribution in [0.25, 0.3) is 11.1 Å². The molecule has 0 aliphatic carbocycles. The Morgan fingerprint density at radius 1 is 1.14 bits per heavy atom. The van der Waals surface area contributed by atoms with Gasteiger partial charge in [-0.05, 0) is 48.4 Å². The van der Waals surface area contributed by atoms with Gasteiger partial charge in [-0.2, -0.15) is 0 Å². The van der Waals surface area contributed by atoms with E-state index in [-0.39, 0.29) is 17.6 Å². The summed E-state index contributed by atoms with van der Waals surface area (Å²) in [7, 11) is 0. The second-order valence-corrected chi connectivity index (χ2v) is 9.96. The Bertz CT molecular complexity index is 1010. The largest absolute Gasteiger partial charge is 0.385 e. The lowest BCUT2D eigenvalue weighted by atomic mass is 9.72. The Labute approximate surface area is 208 Å². The number of amides is 1. The molecule has 5 nitrogen and oxygen atoms in total. The average molecular weight is 483 g/mol. The van der Waals surface area contributed by atoms with Crippen LogP contribution in [0.3, 0.4) is 0 Å². The standard InChI is InChI=1S/C29H39FN2O3/c1-3-13-29(34,24-10-7-14-32(20-24)27(33)21-31-15-17-35-18-16-31)25-11-6-12-26(30)28(25)23-9-5-8-22(4-2)19-23/h5-6,8-9,11-12,19,24,34H,3-4,7,10,13-18,20-21H2,1-2H3. The minimum absolute atomic E-state index is 0.102. The van der Waals surface area contributed by atoms with Crippen LogP contribution >= 0.6 is 0 Å². The molecule has 0 aromatic heterocycles. The van der Waals surface area contributed by atoms with Crippen LogP contribution in [0.1, 0.15) is 50.7 Å². The number of aryl methyl sites for hydroxylation is 1. The fourth-order valence-electron chi connectivity index (χ4n) is 5.71. The summed E-state index contributed by atoms with van der Waals surface area (Å²) in [6, 6.07) is 13.0. The molecule has 35 heavy (non-hydrogen) atoms. The van der Waals surface area contributed by atoms with Crippen molar-refractivity contribution >= 4 is 5.91 Å². The van der Waals surface area contributed by atoms with Gasteiger partial charge in [0.2, 0.25) is 5.91 Å². The van der Waals surface area contributed by atoms with Gasteiger partial charge in [0.25, 0.3) is 0 Å². The summed E-state index contributed by atoms with van der Waals surface area (Å²) in [5.74, 6) is -0.369. The van der Waals surface area contributed by atoms with Crippen LogP contribution < -0.4 is 0 Å². The van der Waals surface area contributed by atoms with Crippen LogP contribution in [0, 0.1) is 11.7 Å². The highest BCUT2D eigenvalue weighted by atomic mass is 19.1. The van der Waals surface area contributed by atoms with Gasteiger partial charge >= 0.3 is 0 Å². The van der Waals surface area contributed by atoms with E-state index in [1.165, 1.54) is 6.07 Å². The van der Waals surface area contributed by atoms with Crippen molar-refractivity contribution in [3.63, 3.8) is 0 Å². The second-order valence-electron chi connectivity index (χ2n) is 9.96. The number of rotatable bonds is 8. The molecule has 0 bridgehead atoms. The number of halogens is 1. The normalized spacial score (nSPS) is 21.0. The van der Waals surface area contributed by atoms with Crippen molar-refractivity contribution in [2.24, 2.45) is 5.92 Å². The number of ether oxygens (including phenoxy) is 1. The lowest BCUT2D eigenvalue weighted by molar-refractivity contribution is -0.138. The Morgan fingerprint density at radius 3 is 2.66 bits per heavy atom. The van der Waals surface area contributed by atoms with Crippen LogP contribution in [0.4, 0.5) is 4.39 Å². The quantitative estimate of drug-likeness (QED) is 0.597. The van der Waals surface area contributed by atoms with Crippen molar-refractivity contribution in [2.45, 2.75) is 51.6 Å². The van der Waals surface area contributed by atoms with E-state index in [9.17, 15) is 9.90 Å². The summed E-state index contributed by atoms with van der Waals surface area (Å²) in [5, 5.41) is 12.3. The highest BCUT2D eigenvalue weighted by Gasteiger charge is 2.42. The maximum atomic E-state index is 15.4. The molecular formula is C29H39FN2O3. The zero-order valence-electron chi connectivity index (χ0n) is 21.1. The fraction of sp³-hybridized carbons (Fsp3) is 0.552. The SMILES string of the molecule is CCCC(O)(c1cccc(F)c1-c1cccc(CC)c1)C1CCCN(C(=O)CN2CCOCC2)C1. The number of carbonyl (C=O) groups is 1. The average Bonchev–Trinajstić information content (AvgIpc) is 2.89. The van der Waals surface area contributed by atoms with E-state index >= 15 is 4.39 Å². The van der Waals surface area contributed by atoms with E-state index in [1.807, 2.05) is 42.2 Å². The predicted octanol–water partition coefficient (Wildman–Crippen LogP) is 4.61. The van der Waals surface area contributed by atoms with Crippen molar-refractivity contribution in [2.75, 3.05) is 45.9 Å². The van der Waals surface area contributed by atoms with Crippen molar-refractivity contribution in [3.05, 3.63) is 59.4 Å². The number of hydrogen-bond acceptors (Lipinski definition) is 4. The monoisotopic (exact) mass is 482 g/mol. The minimum Gasteiger partial charge on any atom is -0.385 e. The number of benzene rings is 2. The first-order valence-electron chi connectivity index (χ1n) is 13.1. The molecule has 0 spiro atoms. The second kappa shape index (κ2) is 11.6. The van der Waals surface area contributed by atoms with Gasteiger partial charge in [-0.1, -0.05) is 56.7 Å². The zero-order chi connectivity index (χ0) is 24.8. The number of hydrogen-bond donors (Lipinski definition) is 1. The highest BCUT2D eigenvalue weighted by Crippen LogP contribution is 2.44. The van der Waals surface area contributed by atoms with Crippen molar-refractivity contribution < 1.29 is 19.0 Å². The maximum Gasteiger partial charge on any atom is 0.236 e. The van der Waals surface area contributed by atoms with Crippen LogP contribution in [0.15, 0.2) is 42.5 Å². The van der Waals surface area contributed by atoms with Crippen molar-refractivity contribution in [3.8, 4) is 11.1 Å². The molecule has 0 radical (unpaired) electrons. The van der Waals surface area contributed by atoms with E-state index in [4.69, 9.17) is 4.74 Å². The van der Waals surface area contributed by atoms with Gasteiger partial charge < -0.3 is 14.7 Å². The van der Waals surface area contributed by atoms with Gasteiger partial charge in [-0.3, -0.25) is 9.69 Å². The first-order valence-corrected chi connectivity index (χ1v) is 13.1. The molecule has 2 fully saturated rings. The van der Waals surface area contributed by atoms with Crippen LogP contribution in [0.5, 0.6) is 0 Å². The zero-order valence-corrected chi connectivity index (χ0v) is 21.1. The number of nitrogens with zero attached hydrogens (tertiary/aromatic N) is 2. The molecule has 1 amide bonds. The molecule has 4 rings (SSSR count). The molecule has 6 heteroatoms. The summed E-state index contributed by atoms with van der Waals surface area (Å²) in [6.45, 7) is 8.57. The number of aliphatic hydroxyl groups is 1. The summed E-state index contributed by atoms with van der Waals surface area (Å²) in [6.07, 6.45) is 3.79. The van der Waals surface area contributed by atoms with Crippen molar-refractivity contribution in [1.82, 2.24) is 9.80 Å². The predicted molar refractivity (Wildman–Crippen MR) is 137 cm³/mol. The topological polar surface area (TPSA) is 53.0 Å². The van der Waals surface area contributed by atoms with Crippen LogP contribution in [-0.4, -0.2) is 66.8 Å². The third-order valence-electron chi connectivity index (χ3n) is 7.65. The van der Waals surface area contributed by atoms with Gasteiger partial charge in [0.1, 0.15) is 5.82 Å². The molecule has 2 aromatic carbocycles. The Kier molecular flexibility index (Phi) is 8.58. The van der Waals surface area contributed by atoms with E-state index in [0.717, 1.165) is 49.9 Å². The molecule has 2 unspecified atom stereocenters. The Balaban J connectivity index is 1.64. The first-order chi connectivity index (χ1) is 17.0. The third-order valence-corrected chi connectivity index (χ3v) is 7.65. The van der Waals surface area contributed by atoms with Crippen LogP contribution in [0.2, 0.25) is 0 Å². The van der Waals surface area contributed by atoms with E-state index < -0.39 is 5.60 Å². The van der Waals surface area contributed by atoms with Gasteiger partial charge in [-0.25, -0.2) is 4.39 Å². The van der Waals surface area contributed by atoms with E-state index in [0.29, 0.717) is 50.4 Å². The lowest BCUT2D eigenvalue weighted by Gasteiger charge is -2.44. The van der Waals surface area contributed by atoms with E-state index in [1.54, 1.807) is 6.07 Å². The van der Waals surface area contributed by atoms with Gasteiger partial charge in [0, 0.05) is 37.7 Å². The number of morpholine rings is 1. The molecule has 2 aromatic rings. The van der Waals surface area contributed by atoms with Gasteiger partial charge in [0.05, 0.1) is 25.4 Å². The molecular weight excluding hydrogens is 443 g/mol. The third kappa shape index (κ3) is 5.76. The molecule has 2 saturated heterocycles. The Morgan fingerprint density at radius 2 is 1.91 bits per heavy atom. The molecule has 190 valence electrons. The maximum absolute atomic E-state index is 15.4. The Hall–Kier alpha value is -2.28. The minimum atomic E-state index is -1.22. The number of likely N-dealkylation sites (tertiary alicyclic amines) is 1. The number of carbonyl (C=O) groups excluding carboxylic acids is 1. The highest BCUT2D eigenvalue weighted by molar-refractivity contribution is 5.78. The first kappa shape index (κ1) is 25.8. The van der Waals surface area contributed by atoms with E-state index in [2.05, 4.69) is 11.8 Å². The van der Waals surface area contributed by atoms with Crippen LogP contribution in [-0.2, 0) is 21.6 Å². The molecule has 2 aliphatic heterocycles. The lowest BCUT2D eigenvalue weighted by Crippen LogP contribution is -2.51. The molecule has 2 aliphatic rings. The smallest absolute Gasteiger partial charge is 0.236 e. The van der Waals surface area contributed by atoms with Crippen molar-refractivity contribution in [1.29, 1.82) is 0 Å². The molecule has 2 atom stereocenters. The summed E-state index contributed by atoms with van der Waals surface area (Å²) >= 11 is 0. The number of piperidine rings is 1. The molecule has 2 heterocycles. The fourth-order valence-corrected chi connectivity index (χ4v) is 5.71. The summed E-state index contributed by atoms with van der Waals surface area (Å²) < 4.78 is 20.8. The van der Waals surface area contributed by atoms with Gasteiger partial charge in [-0.15, -0.1) is 0 Å². The molecule has 1 N–H and O–H groups in total. The summed E-state index contributed by atoms with van der Waals surface area (Å²) in [5.41, 5.74) is 1.83.